The Balaban J connectivity index is 0.00000225. The van der Waals surface area contributed by atoms with E-state index in [0.717, 1.165) is 54.8 Å². The number of alkyl halides is 3. The van der Waals surface area contributed by atoms with E-state index in [1.807, 2.05) is 0 Å². The van der Waals surface area contributed by atoms with Crippen LogP contribution in [0.1, 0.15) is 51.6 Å². The maximum absolute atomic E-state index is 12.8. The Morgan fingerprint density at radius 2 is 1.82 bits per heavy atom. The lowest BCUT2D eigenvalue weighted by atomic mass is 9.88. The van der Waals surface area contributed by atoms with Gasteiger partial charge in [-0.3, -0.25) is 9.89 Å². The van der Waals surface area contributed by atoms with Crippen LogP contribution in [0.4, 0.5) is 13.2 Å². The average Bonchev–Trinajstić information content (AvgIpc) is 3.11. The number of rotatable bonds is 2. The van der Waals surface area contributed by atoms with Crippen LogP contribution < -0.4 is 5.32 Å². The number of aromatic nitrogens is 2. The molecule has 0 radical (unpaired) electrons. The molecule has 2 N–H and O–H groups in total. The second-order valence-corrected chi connectivity index (χ2v) is 7.14. The highest BCUT2D eigenvalue weighted by Crippen LogP contribution is 2.33. The molecular weight excluding hydrogens is 393 g/mol. The summed E-state index contributed by atoms with van der Waals surface area (Å²) in [6.45, 7) is 2.69. The van der Waals surface area contributed by atoms with Crippen LogP contribution in [-0.2, 0) is 19.1 Å². The molecule has 1 amide bonds. The van der Waals surface area contributed by atoms with Gasteiger partial charge in [0.15, 0.2) is 5.69 Å². The average molecular weight is 415 g/mol. The summed E-state index contributed by atoms with van der Waals surface area (Å²) in [5.41, 5.74) is 2.74. The molecule has 3 heterocycles. The highest BCUT2D eigenvalue weighted by atomic mass is 35.5. The zero-order valence-corrected chi connectivity index (χ0v) is 16.0. The molecule has 1 fully saturated rings. The molecule has 1 aromatic carbocycles. The third-order valence-corrected chi connectivity index (χ3v) is 5.50. The Labute approximate surface area is 167 Å². The van der Waals surface area contributed by atoms with Gasteiger partial charge in [-0.15, -0.1) is 12.4 Å². The standard InChI is InChI=1S/C19H21F3N4O.ClH/c20-19(21,22)14-3-1-12(2-4-14)13-6-9-26(10-7-13)18(27)17-15-11-23-8-5-16(15)24-25-17;/h1-4,13,23H,5-11H2,(H,24,25);1H. The van der Waals surface area contributed by atoms with Crippen molar-refractivity contribution in [1.82, 2.24) is 20.4 Å². The predicted molar refractivity (Wildman–Crippen MR) is 101 cm³/mol. The summed E-state index contributed by atoms with van der Waals surface area (Å²) < 4.78 is 38.1. The molecule has 0 aliphatic carbocycles. The van der Waals surface area contributed by atoms with E-state index in [1.165, 1.54) is 0 Å². The zero-order chi connectivity index (χ0) is 19.0. The molecule has 1 aromatic heterocycles. The lowest BCUT2D eigenvalue weighted by Gasteiger charge is -2.32. The van der Waals surface area contributed by atoms with Gasteiger partial charge in [0.1, 0.15) is 0 Å². The number of hydrogen-bond donors (Lipinski definition) is 2. The van der Waals surface area contributed by atoms with Gasteiger partial charge in [-0.2, -0.15) is 18.3 Å². The molecule has 2 aliphatic rings. The number of amides is 1. The minimum Gasteiger partial charge on any atom is -0.337 e. The molecule has 2 aromatic rings. The topological polar surface area (TPSA) is 61.0 Å². The molecule has 28 heavy (non-hydrogen) atoms. The van der Waals surface area contributed by atoms with Gasteiger partial charge in [0.05, 0.1) is 5.56 Å². The summed E-state index contributed by atoms with van der Waals surface area (Å²) in [5, 5.41) is 10.4. The first-order valence-electron chi connectivity index (χ1n) is 9.17. The number of piperidine rings is 1. The molecule has 0 saturated carbocycles. The van der Waals surface area contributed by atoms with Gasteiger partial charge in [-0.25, -0.2) is 0 Å². The highest BCUT2D eigenvalue weighted by molar-refractivity contribution is 5.94. The number of carbonyl (C=O) groups is 1. The second-order valence-electron chi connectivity index (χ2n) is 7.14. The Bertz CT molecular complexity index is 827. The zero-order valence-electron chi connectivity index (χ0n) is 15.2. The van der Waals surface area contributed by atoms with E-state index in [-0.39, 0.29) is 24.2 Å². The van der Waals surface area contributed by atoms with Crippen LogP contribution in [0.2, 0.25) is 0 Å². The van der Waals surface area contributed by atoms with Crippen molar-refractivity contribution in [3.8, 4) is 0 Å². The van der Waals surface area contributed by atoms with Crippen molar-refractivity contribution in [1.29, 1.82) is 0 Å². The molecule has 2 aliphatic heterocycles. The van der Waals surface area contributed by atoms with Crippen LogP contribution in [-0.4, -0.2) is 40.6 Å². The molecule has 0 atom stereocenters. The minimum atomic E-state index is -4.31. The van der Waals surface area contributed by atoms with E-state index >= 15 is 0 Å². The summed E-state index contributed by atoms with van der Waals surface area (Å²) >= 11 is 0. The number of fused-ring (bicyclic) bond motifs is 1. The fourth-order valence-electron chi connectivity index (χ4n) is 3.91. The van der Waals surface area contributed by atoms with E-state index in [0.29, 0.717) is 25.3 Å². The maximum Gasteiger partial charge on any atom is 0.416 e. The van der Waals surface area contributed by atoms with Gasteiger partial charge in [0.2, 0.25) is 0 Å². The lowest BCUT2D eigenvalue weighted by Crippen LogP contribution is -2.39. The number of halogens is 4. The Hall–Kier alpha value is -2.06. The lowest BCUT2D eigenvalue weighted by molar-refractivity contribution is -0.137. The first-order valence-corrected chi connectivity index (χ1v) is 9.17. The van der Waals surface area contributed by atoms with E-state index in [1.54, 1.807) is 17.0 Å². The Morgan fingerprint density at radius 1 is 1.14 bits per heavy atom. The molecular formula is C19H22ClF3N4O. The maximum atomic E-state index is 12.8. The van der Waals surface area contributed by atoms with Crippen LogP contribution >= 0.6 is 12.4 Å². The summed E-state index contributed by atoms with van der Waals surface area (Å²) in [6, 6.07) is 5.38. The Kier molecular flexibility index (Phi) is 6.00. The van der Waals surface area contributed by atoms with Crippen molar-refractivity contribution < 1.29 is 18.0 Å². The van der Waals surface area contributed by atoms with Gasteiger partial charge in [-0.05, 0) is 36.5 Å². The van der Waals surface area contributed by atoms with Crippen molar-refractivity contribution >= 4 is 18.3 Å². The fraction of sp³-hybridized carbons (Fsp3) is 0.474. The normalized spacial score (nSPS) is 17.8. The number of aromatic amines is 1. The van der Waals surface area contributed by atoms with Gasteiger partial charge in [0, 0.05) is 43.9 Å². The summed E-state index contributed by atoms with van der Waals surface area (Å²) in [5.74, 6) is 0.105. The number of nitrogens with zero attached hydrogens (tertiary/aromatic N) is 2. The summed E-state index contributed by atoms with van der Waals surface area (Å²) in [7, 11) is 0. The number of H-pyrrole nitrogens is 1. The SMILES string of the molecule is Cl.O=C(c1n[nH]c2c1CNCC2)N1CCC(c2ccc(C(F)(F)F)cc2)CC1. The van der Waals surface area contributed by atoms with Crippen LogP contribution in [0.25, 0.3) is 0 Å². The first-order chi connectivity index (χ1) is 12.9. The van der Waals surface area contributed by atoms with Crippen molar-refractivity contribution in [2.45, 2.75) is 37.9 Å². The van der Waals surface area contributed by atoms with E-state index in [4.69, 9.17) is 0 Å². The van der Waals surface area contributed by atoms with Crippen molar-refractivity contribution in [2.75, 3.05) is 19.6 Å². The van der Waals surface area contributed by atoms with E-state index < -0.39 is 11.7 Å². The highest BCUT2D eigenvalue weighted by Gasteiger charge is 2.32. The van der Waals surface area contributed by atoms with Crippen LogP contribution in [0.3, 0.4) is 0 Å². The van der Waals surface area contributed by atoms with Crippen molar-refractivity contribution in [3.63, 3.8) is 0 Å². The number of hydrogen-bond acceptors (Lipinski definition) is 3. The third kappa shape index (κ3) is 4.03. The molecule has 1 saturated heterocycles. The smallest absolute Gasteiger partial charge is 0.337 e. The molecule has 0 unspecified atom stereocenters. The number of carbonyl (C=O) groups excluding carboxylic acids is 1. The number of nitrogens with one attached hydrogen (secondary N) is 2. The largest absolute Gasteiger partial charge is 0.416 e. The van der Waals surface area contributed by atoms with Gasteiger partial charge < -0.3 is 10.2 Å². The molecule has 0 bridgehead atoms. The van der Waals surface area contributed by atoms with Crippen LogP contribution in [0, 0.1) is 0 Å². The van der Waals surface area contributed by atoms with Crippen LogP contribution in [0.5, 0.6) is 0 Å². The molecule has 9 heteroatoms. The Morgan fingerprint density at radius 3 is 2.46 bits per heavy atom. The number of benzene rings is 1. The molecule has 4 rings (SSSR count). The predicted octanol–water partition coefficient (Wildman–Crippen LogP) is 3.52. The van der Waals surface area contributed by atoms with E-state index in [2.05, 4.69) is 15.5 Å². The quantitative estimate of drug-likeness (QED) is 0.790. The monoisotopic (exact) mass is 414 g/mol. The first kappa shape index (κ1) is 20.7. The minimum absolute atomic E-state index is 0. The van der Waals surface area contributed by atoms with Crippen LogP contribution in [0.15, 0.2) is 24.3 Å². The molecule has 152 valence electrons. The fourth-order valence-corrected chi connectivity index (χ4v) is 3.91. The molecule has 5 nitrogen and oxygen atoms in total. The second kappa shape index (κ2) is 8.13. The van der Waals surface area contributed by atoms with Gasteiger partial charge >= 0.3 is 6.18 Å². The summed E-state index contributed by atoms with van der Waals surface area (Å²) in [4.78, 5) is 14.6. The van der Waals surface area contributed by atoms with Crippen molar-refractivity contribution in [3.05, 3.63) is 52.3 Å². The third-order valence-electron chi connectivity index (χ3n) is 5.50. The van der Waals surface area contributed by atoms with Crippen molar-refractivity contribution in [2.24, 2.45) is 0 Å². The summed E-state index contributed by atoms with van der Waals surface area (Å²) in [6.07, 6.45) is -2.00. The van der Waals surface area contributed by atoms with Gasteiger partial charge in [0.25, 0.3) is 5.91 Å². The molecule has 0 spiro atoms. The van der Waals surface area contributed by atoms with E-state index in [9.17, 15) is 18.0 Å². The number of likely N-dealkylation sites (tertiary alicyclic amines) is 1. The van der Waals surface area contributed by atoms with Gasteiger partial charge in [-0.1, -0.05) is 12.1 Å².